The van der Waals surface area contributed by atoms with E-state index < -0.39 is 0 Å². The second kappa shape index (κ2) is 8.45. The van der Waals surface area contributed by atoms with Gasteiger partial charge in [-0.15, -0.1) is 0 Å². The van der Waals surface area contributed by atoms with Crippen LogP contribution in [0.15, 0.2) is 71.5 Å². The van der Waals surface area contributed by atoms with Gasteiger partial charge in [0.05, 0.1) is 18.1 Å². The van der Waals surface area contributed by atoms with Crippen molar-refractivity contribution in [3.63, 3.8) is 0 Å². The quantitative estimate of drug-likeness (QED) is 0.406. The van der Waals surface area contributed by atoms with Crippen LogP contribution in [0, 0.1) is 0 Å². The van der Waals surface area contributed by atoms with Gasteiger partial charge in [0.1, 0.15) is 18.9 Å². The minimum absolute atomic E-state index is 0.586. The van der Waals surface area contributed by atoms with Crippen molar-refractivity contribution >= 4 is 0 Å². The Morgan fingerprint density at radius 2 is 1.79 bits per heavy atom. The third-order valence-electron chi connectivity index (χ3n) is 6.65. The molecule has 6 nitrogen and oxygen atoms in total. The summed E-state index contributed by atoms with van der Waals surface area (Å²) in [5, 5.41) is 4.76. The molecular formula is C27H27N3O3. The van der Waals surface area contributed by atoms with Gasteiger partial charge in [-0.05, 0) is 73.8 Å². The number of furan rings is 1. The fraction of sp³-hybridized carbons (Fsp3) is 0.296. The van der Waals surface area contributed by atoms with Crippen LogP contribution in [0.4, 0.5) is 0 Å². The summed E-state index contributed by atoms with van der Waals surface area (Å²) in [5.74, 6) is 2.45. The highest BCUT2D eigenvalue weighted by atomic mass is 16.6. The molecule has 0 aliphatic carbocycles. The third kappa shape index (κ3) is 3.80. The summed E-state index contributed by atoms with van der Waals surface area (Å²) in [7, 11) is 0. The van der Waals surface area contributed by atoms with Gasteiger partial charge >= 0.3 is 0 Å². The van der Waals surface area contributed by atoms with E-state index in [-0.39, 0.29) is 0 Å². The molecule has 1 unspecified atom stereocenters. The second-order valence-corrected chi connectivity index (χ2v) is 8.77. The highest BCUT2D eigenvalue weighted by Gasteiger charge is 2.24. The van der Waals surface area contributed by atoms with Crippen LogP contribution in [0.3, 0.4) is 0 Å². The first-order chi connectivity index (χ1) is 16.3. The van der Waals surface area contributed by atoms with Gasteiger partial charge in [-0.25, -0.2) is 4.68 Å². The highest BCUT2D eigenvalue weighted by Crippen LogP contribution is 2.35. The first-order valence-corrected chi connectivity index (χ1v) is 11.6. The molecule has 2 aliphatic heterocycles. The van der Waals surface area contributed by atoms with Crippen molar-refractivity contribution in [1.82, 2.24) is 14.7 Å². The van der Waals surface area contributed by atoms with Crippen molar-refractivity contribution in [2.24, 2.45) is 0 Å². The maximum absolute atomic E-state index is 5.81. The summed E-state index contributed by atoms with van der Waals surface area (Å²) in [6, 6.07) is 19.1. The van der Waals surface area contributed by atoms with Crippen LogP contribution >= 0.6 is 0 Å². The number of hydrogen-bond acceptors (Lipinski definition) is 5. The molecule has 1 fully saturated rings. The molecule has 0 radical (unpaired) electrons. The number of benzene rings is 2. The van der Waals surface area contributed by atoms with Crippen molar-refractivity contribution in [1.29, 1.82) is 0 Å². The first kappa shape index (κ1) is 20.1. The lowest BCUT2D eigenvalue weighted by Gasteiger charge is -2.20. The normalized spacial score (nSPS) is 18.0. The predicted molar refractivity (Wildman–Crippen MR) is 127 cm³/mol. The van der Waals surface area contributed by atoms with Crippen molar-refractivity contribution < 1.29 is 13.9 Å². The standard InChI is InChI=1S/C27H27N3O3/c1-19-4-2-12-29(19)18-22-17-28-30(27(22)25-5-3-13-31-25)23-9-6-20(7-10-23)21-8-11-24-26(16-21)33-15-14-32-24/h3,5-11,13,16-17,19H,2,4,12,14-15,18H2,1H3. The predicted octanol–water partition coefficient (Wildman–Crippen LogP) is 5.55. The maximum Gasteiger partial charge on any atom is 0.161 e. The van der Waals surface area contributed by atoms with Crippen LogP contribution in [0.2, 0.25) is 0 Å². The van der Waals surface area contributed by atoms with Gasteiger partial charge in [-0.2, -0.15) is 5.10 Å². The van der Waals surface area contributed by atoms with Gasteiger partial charge in [0, 0.05) is 18.2 Å². The van der Waals surface area contributed by atoms with Gasteiger partial charge in [0.15, 0.2) is 17.3 Å². The number of nitrogens with zero attached hydrogens (tertiary/aromatic N) is 3. The first-order valence-electron chi connectivity index (χ1n) is 11.6. The Kier molecular flexibility index (Phi) is 5.15. The van der Waals surface area contributed by atoms with E-state index in [2.05, 4.69) is 42.2 Å². The van der Waals surface area contributed by atoms with Crippen molar-refractivity contribution in [2.75, 3.05) is 19.8 Å². The lowest BCUT2D eigenvalue weighted by atomic mass is 10.0. The number of rotatable bonds is 5. The average Bonchev–Trinajstić information content (AvgIpc) is 3.61. The van der Waals surface area contributed by atoms with Crippen LogP contribution in [0.1, 0.15) is 25.3 Å². The number of aromatic nitrogens is 2. The van der Waals surface area contributed by atoms with Gasteiger partial charge in [-0.1, -0.05) is 18.2 Å². The van der Waals surface area contributed by atoms with Crippen LogP contribution in [-0.2, 0) is 6.54 Å². The molecule has 0 bridgehead atoms. The average molecular weight is 442 g/mol. The maximum atomic E-state index is 5.81. The summed E-state index contributed by atoms with van der Waals surface area (Å²) in [6.07, 6.45) is 6.22. The Morgan fingerprint density at radius 3 is 2.55 bits per heavy atom. The molecule has 1 atom stereocenters. The second-order valence-electron chi connectivity index (χ2n) is 8.77. The molecule has 4 aromatic rings. The number of fused-ring (bicyclic) bond motifs is 1. The summed E-state index contributed by atoms with van der Waals surface area (Å²) >= 11 is 0. The third-order valence-corrected chi connectivity index (χ3v) is 6.65. The number of likely N-dealkylation sites (tertiary alicyclic amines) is 1. The molecule has 0 amide bonds. The zero-order valence-electron chi connectivity index (χ0n) is 18.7. The Balaban J connectivity index is 1.33. The van der Waals surface area contributed by atoms with Crippen LogP contribution in [0.5, 0.6) is 11.5 Å². The Bertz CT molecular complexity index is 1240. The molecule has 33 heavy (non-hydrogen) atoms. The molecule has 2 aromatic heterocycles. The van der Waals surface area contributed by atoms with E-state index in [1.54, 1.807) is 6.26 Å². The van der Waals surface area contributed by atoms with E-state index >= 15 is 0 Å². The van der Waals surface area contributed by atoms with Crippen LogP contribution in [0.25, 0.3) is 28.3 Å². The molecule has 168 valence electrons. The topological polar surface area (TPSA) is 52.7 Å². The molecule has 0 saturated carbocycles. The van der Waals surface area contributed by atoms with Crippen molar-refractivity contribution in [3.8, 4) is 39.8 Å². The molecule has 0 N–H and O–H groups in total. The van der Waals surface area contributed by atoms with Gasteiger partial charge in [-0.3, -0.25) is 4.90 Å². The number of hydrogen-bond donors (Lipinski definition) is 0. The molecule has 6 heteroatoms. The monoisotopic (exact) mass is 441 g/mol. The fourth-order valence-corrected chi connectivity index (χ4v) is 4.83. The van der Waals surface area contributed by atoms with E-state index in [0.29, 0.717) is 19.3 Å². The smallest absolute Gasteiger partial charge is 0.161 e. The van der Waals surface area contributed by atoms with E-state index in [1.165, 1.54) is 18.4 Å². The minimum Gasteiger partial charge on any atom is -0.486 e. The van der Waals surface area contributed by atoms with E-state index in [9.17, 15) is 0 Å². The zero-order chi connectivity index (χ0) is 22.2. The number of ether oxygens (including phenoxy) is 2. The molecule has 2 aromatic carbocycles. The Labute approximate surface area is 193 Å². The van der Waals surface area contributed by atoms with Crippen LogP contribution in [-0.4, -0.2) is 40.5 Å². The Hall–Kier alpha value is -3.51. The lowest BCUT2D eigenvalue weighted by Crippen LogP contribution is -2.26. The molecule has 6 rings (SSSR count). The zero-order valence-corrected chi connectivity index (χ0v) is 18.7. The Morgan fingerprint density at radius 1 is 0.970 bits per heavy atom. The molecular weight excluding hydrogens is 414 g/mol. The molecule has 4 heterocycles. The SMILES string of the molecule is CC1CCCN1Cc1cnn(-c2ccc(-c3ccc4c(c3)OCCO4)cc2)c1-c1ccco1. The van der Waals surface area contributed by atoms with E-state index in [1.807, 2.05) is 35.1 Å². The minimum atomic E-state index is 0.586. The van der Waals surface area contributed by atoms with Crippen LogP contribution < -0.4 is 9.47 Å². The molecule has 1 saturated heterocycles. The van der Waals surface area contributed by atoms with Gasteiger partial charge in [0.25, 0.3) is 0 Å². The van der Waals surface area contributed by atoms with Gasteiger partial charge in [0.2, 0.25) is 0 Å². The summed E-state index contributed by atoms with van der Waals surface area (Å²) in [4.78, 5) is 2.53. The summed E-state index contributed by atoms with van der Waals surface area (Å²) < 4.78 is 19.2. The largest absolute Gasteiger partial charge is 0.486 e. The van der Waals surface area contributed by atoms with Crippen molar-refractivity contribution in [2.45, 2.75) is 32.4 Å². The highest BCUT2D eigenvalue weighted by molar-refractivity contribution is 5.69. The van der Waals surface area contributed by atoms with E-state index in [4.69, 9.17) is 19.0 Å². The summed E-state index contributed by atoms with van der Waals surface area (Å²) in [5.41, 5.74) is 5.43. The van der Waals surface area contributed by atoms with Crippen molar-refractivity contribution in [3.05, 3.63) is 72.6 Å². The molecule has 0 spiro atoms. The molecule has 2 aliphatic rings. The fourth-order valence-electron chi connectivity index (χ4n) is 4.83. The summed E-state index contributed by atoms with van der Waals surface area (Å²) in [6.45, 7) is 5.51. The van der Waals surface area contributed by atoms with Gasteiger partial charge < -0.3 is 13.9 Å². The van der Waals surface area contributed by atoms with E-state index in [0.717, 1.165) is 52.9 Å². The lowest BCUT2D eigenvalue weighted by molar-refractivity contribution is 0.171.